The summed E-state index contributed by atoms with van der Waals surface area (Å²) in [4.78, 5) is 38.3. The molecule has 0 aliphatic carbocycles. The number of nitrogens with one attached hydrogen (secondary N) is 2. The van der Waals surface area contributed by atoms with Crippen LogP contribution < -0.4 is 15.5 Å². The van der Waals surface area contributed by atoms with Crippen LogP contribution in [0.4, 0.5) is 11.4 Å². The van der Waals surface area contributed by atoms with E-state index in [1.165, 1.54) is 0 Å². The zero-order valence-electron chi connectivity index (χ0n) is 15.9. The van der Waals surface area contributed by atoms with Gasteiger partial charge in [0.1, 0.15) is 0 Å². The quantitative estimate of drug-likeness (QED) is 0.789. The Bertz CT molecular complexity index is 726. The van der Waals surface area contributed by atoms with E-state index in [1.54, 1.807) is 6.07 Å². The maximum absolute atomic E-state index is 12.4. The minimum atomic E-state index is -0.695. The molecule has 1 aromatic rings. The van der Waals surface area contributed by atoms with Crippen molar-refractivity contribution >= 4 is 29.1 Å². The topological polar surface area (TPSA) is 87.7 Å². The third-order valence-electron chi connectivity index (χ3n) is 4.94. The molecule has 7 heteroatoms. The zero-order valence-corrected chi connectivity index (χ0v) is 15.9. The van der Waals surface area contributed by atoms with E-state index >= 15 is 0 Å². The van der Waals surface area contributed by atoms with E-state index in [1.807, 2.05) is 30.9 Å². The summed E-state index contributed by atoms with van der Waals surface area (Å²) >= 11 is 0. The van der Waals surface area contributed by atoms with E-state index in [-0.39, 0.29) is 17.9 Å². The third-order valence-corrected chi connectivity index (χ3v) is 4.94. The Morgan fingerprint density at radius 2 is 2.04 bits per heavy atom. The number of carbonyl (C=O) groups is 3. The number of amides is 3. The molecule has 1 fully saturated rings. The molecule has 0 spiro atoms. The maximum Gasteiger partial charge on any atom is 0.313 e. The van der Waals surface area contributed by atoms with Crippen LogP contribution in [0.25, 0.3) is 0 Å². The van der Waals surface area contributed by atoms with Crippen LogP contribution in [0.5, 0.6) is 0 Å². The summed E-state index contributed by atoms with van der Waals surface area (Å²) in [6.45, 7) is 5.54. The van der Waals surface area contributed by atoms with Gasteiger partial charge in [0.2, 0.25) is 5.91 Å². The fraction of sp³-hybridized carbons (Fsp3) is 0.550. The molecule has 0 radical (unpaired) electrons. The SMILES string of the molecule is CC(C)C(=O)N1CCCc2cc(NC(=O)C(=O)NC[C@@H]3CCCO3)ccc21. The molecule has 146 valence electrons. The molecule has 3 amide bonds. The molecule has 2 heterocycles. The highest BCUT2D eigenvalue weighted by Crippen LogP contribution is 2.30. The molecule has 1 atom stereocenters. The first-order valence-corrected chi connectivity index (χ1v) is 9.61. The first kappa shape index (κ1) is 19.4. The Hall–Kier alpha value is -2.41. The number of rotatable bonds is 4. The lowest BCUT2D eigenvalue weighted by atomic mass is 9.99. The first-order chi connectivity index (χ1) is 13.0. The molecule has 0 saturated carbocycles. The van der Waals surface area contributed by atoms with E-state index in [0.29, 0.717) is 25.4 Å². The standard InChI is InChI=1S/C20H27N3O4/c1-13(2)20(26)23-9-3-5-14-11-15(7-8-17(14)23)22-19(25)18(24)21-12-16-6-4-10-27-16/h7-8,11,13,16H,3-6,9-10,12H2,1-2H3,(H,21,24)(H,22,25)/t16-/m0/s1. The van der Waals surface area contributed by atoms with Crippen molar-refractivity contribution in [3.8, 4) is 0 Å². The van der Waals surface area contributed by atoms with Crippen molar-refractivity contribution in [1.82, 2.24) is 5.32 Å². The monoisotopic (exact) mass is 373 g/mol. The largest absolute Gasteiger partial charge is 0.376 e. The average molecular weight is 373 g/mol. The number of ether oxygens (including phenoxy) is 1. The van der Waals surface area contributed by atoms with Gasteiger partial charge in [-0.3, -0.25) is 14.4 Å². The number of hydrogen-bond donors (Lipinski definition) is 2. The van der Waals surface area contributed by atoms with Gasteiger partial charge in [-0.2, -0.15) is 0 Å². The molecular weight excluding hydrogens is 346 g/mol. The summed E-state index contributed by atoms with van der Waals surface area (Å²) in [5, 5.41) is 5.25. The predicted octanol–water partition coefficient (Wildman–Crippen LogP) is 1.86. The smallest absolute Gasteiger partial charge is 0.313 e. The van der Waals surface area contributed by atoms with Gasteiger partial charge in [0.05, 0.1) is 6.10 Å². The lowest BCUT2D eigenvalue weighted by Gasteiger charge is -2.31. The molecule has 1 saturated heterocycles. The van der Waals surface area contributed by atoms with Crippen molar-refractivity contribution in [2.24, 2.45) is 5.92 Å². The van der Waals surface area contributed by atoms with Gasteiger partial charge in [-0.25, -0.2) is 0 Å². The van der Waals surface area contributed by atoms with Crippen LogP contribution in [0.1, 0.15) is 38.7 Å². The maximum atomic E-state index is 12.4. The van der Waals surface area contributed by atoms with E-state index in [4.69, 9.17) is 4.74 Å². The van der Waals surface area contributed by atoms with Gasteiger partial charge in [0.25, 0.3) is 0 Å². The Morgan fingerprint density at radius 3 is 2.74 bits per heavy atom. The Kier molecular flexibility index (Phi) is 6.11. The normalized spacial score (nSPS) is 18.9. The van der Waals surface area contributed by atoms with Crippen LogP contribution in [0.2, 0.25) is 0 Å². The van der Waals surface area contributed by atoms with Crippen LogP contribution in [0, 0.1) is 5.92 Å². The summed E-state index contributed by atoms with van der Waals surface area (Å²) in [6.07, 6.45) is 3.60. The molecule has 0 aromatic heterocycles. The number of hydrogen-bond acceptors (Lipinski definition) is 4. The fourth-order valence-electron chi connectivity index (χ4n) is 3.50. The number of fused-ring (bicyclic) bond motifs is 1. The predicted molar refractivity (Wildman–Crippen MR) is 103 cm³/mol. The summed E-state index contributed by atoms with van der Waals surface area (Å²) in [6, 6.07) is 5.42. The Morgan fingerprint density at radius 1 is 1.22 bits per heavy atom. The molecule has 0 bridgehead atoms. The van der Waals surface area contributed by atoms with Crippen LogP contribution in [-0.4, -0.2) is 43.5 Å². The van der Waals surface area contributed by atoms with Crippen molar-refractivity contribution < 1.29 is 19.1 Å². The Labute approximate surface area is 159 Å². The van der Waals surface area contributed by atoms with Crippen molar-refractivity contribution in [3.05, 3.63) is 23.8 Å². The van der Waals surface area contributed by atoms with Gasteiger partial charge in [-0.1, -0.05) is 13.8 Å². The van der Waals surface area contributed by atoms with Gasteiger partial charge >= 0.3 is 11.8 Å². The minimum absolute atomic E-state index is 0.00466. The van der Waals surface area contributed by atoms with Crippen molar-refractivity contribution in [3.63, 3.8) is 0 Å². The number of benzene rings is 1. The van der Waals surface area contributed by atoms with Crippen molar-refractivity contribution in [1.29, 1.82) is 0 Å². The summed E-state index contributed by atoms with van der Waals surface area (Å²) in [5.41, 5.74) is 2.46. The van der Waals surface area contributed by atoms with E-state index in [0.717, 1.165) is 36.9 Å². The summed E-state index contributed by atoms with van der Waals surface area (Å²) in [5.74, 6) is -1.33. The molecule has 3 rings (SSSR count). The molecule has 7 nitrogen and oxygen atoms in total. The van der Waals surface area contributed by atoms with Crippen molar-refractivity contribution in [2.45, 2.75) is 45.6 Å². The van der Waals surface area contributed by atoms with Gasteiger partial charge in [-0.05, 0) is 49.4 Å². The number of nitrogens with zero attached hydrogens (tertiary/aromatic N) is 1. The second-order valence-corrected chi connectivity index (χ2v) is 7.39. The lowest BCUT2D eigenvalue weighted by Crippen LogP contribution is -2.39. The molecule has 0 unspecified atom stereocenters. The van der Waals surface area contributed by atoms with Gasteiger partial charge in [0.15, 0.2) is 0 Å². The number of aryl methyl sites for hydroxylation is 1. The highest BCUT2D eigenvalue weighted by Gasteiger charge is 2.25. The van der Waals surface area contributed by atoms with E-state index < -0.39 is 11.8 Å². The van der Waals surface area contributed by atoms with Crippen molar-refractivity contribution in [2.75, 3.05) is 29.9 Å². The molecular formula is C20H27N3O4. The fourth-order valence-corrected chi connectivity index (χ4v) is 3.50. The van der Waals surface area contributed by atoms with Crippen LogP contribution in [0.15, 0.2) is 18.2 Å². The van der Waals surface area contributed by atoms with E-state index in [9.17, 15) is 14.4 Å². The second kappa shape index (κ2) is 8.52. The number of anilines is 2. The summed E-state index contributed by atoms with van der Waals surface area (Å²) in [7, 11) is 0. The lowest BCUT2D eigenvalue weighted by molar-refractivity contribution is -0.136. The van der Waals surface area contributed by atoms with Crippen LogP contribution in [-0.2, 0) is 25.5 Å². The molecule has 2 aliphatic rings. The number of carbonyl (C=O) groups excluding carboxylic acids is 3. The van der Waals surface area contributed by atoms with Gasteiger partial charge in [0, 0.05) is 37.0 Å². The highest BCUT2D eigenvalue weighted by molar-refractivity contribution is 6.39. The Balaban J connectivity index is 1.61. The molecule has 2 aliphatic heterocycles. The third kappa shape index (κ3) is 4.66. The van der Waals surface area contributed by atoms with Crippen LogP contribution in [0.3, 0.4) is 0 Å². The average Bonchev–Trinajstić information content (AvgIpc) is 3.18. The highest BCUT2D eigenvalue weighted by atomic mass is 16.5. The van der Waals surface area contributed by atoms with Gasteiger partial charge < -0.3 is 20.3 Å². The minimum Gasteiger partial charge on any atom is -0.376 e. The van der Waals surface area contributed by atoms with Crippen LogP contribution >= 0.6 is 0 Å². The second-order valence-electron chi connectivity index (χ2n) is 7.39. The summed E-state index contributed by atoms with van der Waals surface area (Å²) < 4.78 is 5.43. The van der Waals surface area contributed by atoms with Gasteiger partial charge in [-0.15, -0.1) is 0 Å². The molecule has 27 heavy (non-hydrogen) atoms. The first-order valence-electron chi connectivity index (χ1n) is 9.61. The molecule has 1 aromatic carbocycles. The molecule has 2 N–H and O–H groups in total. The zero-order chi connectivity index (χ0) is 19.4. The van der Waals surface area contributed by atoms with E-state index in [2.05, 4.69) is 10.6 Å².